The van der Waals surface area contributed by atoms with Gasteiger partial charge < -0.3 is 10.6 Å². The van der Waals surface area contributed by atoms with Gasteiger partial charge in [0, 0.05) is 24.0 Å². The summed E-state index contributed by atoms with van der Waals surface area (Å²) < 4.78 is 0. The number of amides is 2. The molecule has 6 heteroatoms. The van der Waals surface area contributed by atoms with E-state index in [0.29, 0.717) is 23.4 Å². The van der Waals surface area contributed by atoms with Crippen LogP contribution in [-0.4, -0.2) is 16.8 Å². The summed E-state index contributed by atoms with van der Waals surface area (Å²) in [5.74, 6) is -0.746. The van der Waals surface area contributed by atoms with Crippen LogP contribution in [0.1, 0.15) is 32.0 Å². The average molecular weight is 356 g/mol. The molecule has 0 bridgehead atoms. The van der Waals surface area contributed by atoms with Crippen molar-refractivity contribution in [2.75, 3.05) is 5.32 Å². The molecule has 1 aromatic heterocycles. The van der Waals surface area contributed by atoms with Gasteiger partial charge in [0.05, 0.1) is 11.6 Å². The standard InChI is InChI=1S/C21H16N4O2/c22-13-16-7-4-8-18(11-16)25-20(26)17-9-10-23-19(12-17)21(27)24-14-15-5-2-1-3-6-15/h1-12H,14H2,(H,24,27)(H,25,26). The molecule has 0 aliphatic rings. The van der Waals surface area contributed by atoms with Crippen molar-refractivity contribution in [1.29, 1.82) is 5.26 Å². The molecule has 2 N–H and O–H groups in total. The zero-order chi connectivity index (χ0) is 19.1. The van der Waals surface area contributed by atoms with Gasteiger partial charge >= 0.3 is 0 Å². The third-order valence-corrected chi connectivity index (χ3v) is 3.80. The summed E-state index contributed by atoms with van der Waals surface area (Å²) in [5.41, 5.74) is 2.38. The van der Waals surface area contributed by atoms with Crippen molar-refractivity contribution in [2.24, 2.45) is 0 Å². The van der Waals surface area contributed by atoms with Gasteiger partial charge in [0.2, 0.25) is 0 Å². The van der Waals surface area contributed by atoms with Crippen molar-refractivity contribution < 1.29 is 9.59 Å². The van der Waals surface area contributed by atoms with Crippen molar-refractivity contribution in [3.8, 4) is 6.07 Å². The molecule has 0 unspecified atom stereocenters. The summed E-state index contributed by atoms with van der Waals surface area (Å²) in [7, 11) is 0. The second-order valence-electron chi connectivity index (χ2n) is 5.74. The number of nitrogens with zero attached hydrogens (tertiary/aromatic N) is 2. The highest BCUT2D eigenvalue weighted by atomic mass is 16.2. The Kier molecular flexibility index (Phi) is 5.55. The Labute approximate surface area is 156 Å². The van der Waals surface area contributed by atoms with Crippen LogP contribution < -0.4 is 10.6 Å². The molecule has 0 atom stereocenters. The van der Waals surface area contributed by atoms with E-state index < -0.39 is 0 Å². The lowest BCUT2D eigenvalue weighted by Gasteiger charge is -2.08. The smallest absolute Gasteiger partial charge is 0.270 e. The fourth-order valence-electron chi connectivity index (χ4n) is 2.43. The molecule has 3 rings (SSSR count). The van der Waals surface area contributed by atoms with E-state index in [0.717, 1.165) is 5.56 Å². The summed E-state index contributed by atoms with van der Waals surface area (Å²) in [4.78, 5) is 28.7. The Bertz CT molecular complexity index is 1010. The minimum Gasteiger partial charge on any atom is -0.347 e. The highest BCUT2D eigenvalue weighted by molar-refractivity contribution is 6.05. The number of rotatable bonds is 5. The first-order valence-electron chi connectivity index (χ1n) is 8.25. The maximum atomic E-state index is 12.4. The summed E-state index contributed by atoms with van der Waals surface area (Å²) in [6.07, 6.45) is 1.41. The van der Waals surface area contributed by atoms with Crippen molar-refractivity contribution in [2.45, 2.75) is 6.54 Å². The summed E-state index contributed by atoms with van der Waals surface area (Å²) in [6.45, 7) is 0.374. The quantitative estimate of drug-likeness (QED) is 0.734. The molecule has 0 radical (unpaired) electrons. The van der Waals surface area contributed by atoms with Gasteiger partial charge in [0.25, 0.3) is 11.8 Å². The summed E-state index contributed by atoms with van der Waals surface area (Å²) in [6, 6.07) is 21.1. The zero-order valence-corrected chi connectivity index (χ0v) is 14.3. The molecule has 0 aliphatic carbocycles. The number of anilines is 1. The molecular formula is C21H16N4O2. The van der Waals surface area contributed by atoms with Crippen LogP contribution in [0.25, 0.3) is 0 Å². The largest absolute Gasteiger partial charge is 0.347 e. The van der Waals surface area contributed by atoms with Gasteiger partial charge in [-0.05, 0) is 35.9 Å². The first-order valence-corrected chi connectivity index (χ1v) is 8.25. The van der Waals surface area contributed by atoms with E-state index in [2.05, 4.69) is 15.6 Å². The average Bonchev–Trinajstić information content (AvgIpc) is 2.73. The van der Waals surface area contributed by atoms with Crippen LogP contribution in [0.15, 0.2) is 72.9 Å². The molecule has 0 fully saturated rings. The van der Waals surface area contributed by atoms with Crippen LogP contribution in [0.5, 0.6) is 0 Å². The van der Waals surface area contributed by atoms with Crippen LogP contribution in [-0.2, 0) is 6.54 Å². The molecule has 0 spiro atoms. The third-order valence-electron chi connectivity index (χ3n) is 3.80. The molecule has 6 nitrogen and oxygen atoms in total. The Morgan fingerprint density at radius 1 is 0.963 bits per heavy atom. The Morgan fingerprint density at radius 3 is 2.56 bits per heavy atom. The third kappa shape index (κ3) is 4.77. The van der Waals surface area contributed by atoms with Crippen molar-refractivity contribution in [1.82, 2.24) is 10.3 Å². The van der Waals surface area contributed by atoms with Crippen LogP contribution in [0, 0.1) is 11.3 Å². The van der Waals surface area contributed by atoms with Crippen molar-refractivity contribution in [3.05, 3.63) is 95.3 Å². The van der Waals surface area contributed by atoms with Gasteiger partial charge in [0.1, 0.15) is 5.69 Å². The predicted octanol–water partition coefficient (Wildman–Crippen LogP) is 3.14. The van der Waals surface area contributed by atoms with Gasteiger partial charge in [-0.1, -0.05) is 36.4 Å². The maximum absolute atomic E-state index is 12.4. The predicted molar refractivity (Wildman–Crippen MR) is 101 cm³/mol. The van der Waals surface area contributed by atoms with Crippen molar-refractivity contribution >= 4 is 17.5 Å². The van der Waals surface area contributed by atoms with E-state index >= 15 is 0 Å². The SMILES string of the molecule is N#Cc1cccc(NC(=O)c2ccnc(C(=O)NCc3ccccc3)c2)c1. The van der Waals surface area contributed by atoms with Gasteiger partial charge in [-0.25, -0.2) is 0 Å². The molecular weight excluding hydrogens is 340 g/mol. The highest BCUT2D eigenvalue weighted by Gasteiger charge is 2.12. The molecule has 27 heavy (non-hydrogen) atoms. The van der Waals surface area contributed by atoms with E-state index in [1.165, 1.54) is 18.3 Å². The maximum Gasteiger partial charge on any atom is 0.270 e. The number of hydrogen-bond donors (Lipinski definition) is 2. The number of nitrogens with one attached hydrogen (secondary N) is 2. The van der Waals surface area contributed by atoms with E-state index in [1.54, 1.807) is 24.3 Å². The van der Waals surface area contributed by atoms with E-state index in [9.17, 15) is 9.59 Å². The number of carbonyl (C=O) groups is 2. The lowest BCUT2D eigenvalue weighted by Crippen LogP contribution is -2.24. The molecule has 0 aliphatic heterocycles. The Morgan fingerprint density at radius 2 is 1.78 bits per heavy atom. The van der Waals surface area contributed by atoms with Crippen LogP contribution in [0.3, 0.4) is 0 Å². The lowest BCUT2D eigenvalue weighted by molar-refractivity contribution is 0.0946. The number of carbonyl (C=O) groups excluding carboxylic acids is 2. The first kappa shape index (κ1) is 17.8. The minimum atomic E-state index is -0.385. The van der Waals surface area contributed by atoms with E-state index in [4.69, 9.17) is 5.26 Å². The van der Waals surface area contributed by atoms with Crippen LogP contribution in [0.2, 0.25) is 0 Å². The second kappa shape index (κ2) is 8.41. The molecule has 2 aromatic carbocycles. The number of benzene rings is 2. The number of hydrogen-bond acceptors (Lipinski definition) is 4. The fourth-order valence-corrected chi connectivity index (χ4v) is 2.43. The topological polar surface area (TPSA) is 94.9 Å². The molecule has 0 saturated carbocycles. The number of nitriles is 1. The van der Waals surface area contributed by atoms with Crippen molar-refractivity contribution in [3.63, 3.8) is 0 Å². The normalized spacial score (nSPS) is 9.89. The molecule has 2 amide bonds. The molecule has 1 heterocycles. The van der Waals surface area contributed by atoms with E-state index in [-0.39, 0.29) is 17.5 Å². The monoisotopic (exact) mass is 356 g/mol. The lowest BCUT2D eigenvalue weighted by atomic mass is 10.1. The Hall–Kier alpha value is -3.98. The molecule has 132 valence electrons. The molecule has 3 aromatic rings. The summed E-state index contributed by atoms with van der Waals surface area (Å²) in [5, 5.41) is 14.4. The van der Waals surface area contributed by atoms with Crippen LogP contribution >= 0.6 is 0 Å². The molecule has 0 saturated heterocycles. The van der Waals surface area contributed by atoms with Gasteiger partial charge in [-0.15, -0.1) is 0 Å². The summed E-state index contributed by atoms with van der Waals surface area (Å²) >= 11 is 0. The van der Waals surface area contributed by atoms with Gasteiger partial charge in [0.15, 0.2) is 0 Å². The second-order valence-corrected chi connectivity index (χ2v) is 5.74. The number of aromatic nitrogens is 1. The van der Waals surface area contributed by atoms with Gasteiger partial charge in [-0.2, -0.15) is 5.26 Å². The first-order chi connectivity index (χ1) is 13.2. The number of pyridine rings is 1. The van der Waals surface area contributed by atoms with E-state index in [1.807, 2.05) is 36.4 Å². The minimum absolute atomic E-state index is 0.157. The fraction of sp³-hybridized carbons (Fsp3) is 0.0476. The highest BCUT2D eigenvalue weighted by Crippen LogP contribution is 2.12. The van der Waals surface area contributed by atoms with Crippen LogP contribution in [0.4, 0.5) is 5.69 Å². The Balaban J connectivity index is 1.68. The van der Waals surface area contributed by atoms with Gasteiger partial charge in [-0.3, -0.25) is 14.6 Å². The zero-order valence-electron chi connectivity index (χ0n) is 14.3.